The van der Waals surface area contributed by atoms with Gasteiger partial charge in [0.2, 0.25) is 11.8 Å². The van der Waals surface area contributed by atoms with E-state index >= 15 is 0 Å². The van der Waals surface area contributed by atoms with Crippen molar-refractivity contribution in [3.63, 3.8) is 0 Å². The molecule has 4 rings (SSSR count). The van der Waals surface area contributed by atoms with Gasteiger partial charge in [0.25, 0.3) is 5.22 Å². The molecule has 2 aliphatic rings. The SMILES string of the molecule is Cc1nnc(SCC(=O)N(Cc2cccnc2)C[C@H]2CCCN(C3CCCCC3)C2)o1. The molecule has 8 heteroatoms. The van der Waals surface area contributed by atoms with Gasteiger partial charge in [0.15, 0.2) is 0 Å². The molecule has 1 aliphatic heterocycles. The van der Waals surface area contributed by atoms with E-state index in [1.807, 2.05) is 23.2 Å². The van der Waals surface area contributed by atoms with Crippen molar-refractivity contribution in [1.29, 1.82) is 0 Å². The van der Waals surface area contributed by atoms with Gasteiger partial charge in [-0.3, -0.25) is 9.78 Å². The fraction of sp³-hybridized carbons (Fsp3) is 0.652. The number of piperidine rings is 1. The average molecular weight is 444 g/mol. The van der Waals surface area contributed by atoms with Crippen molar-refractivity contribution in [3.05, 3.63) is 36.0 Å². The molecule has 0 spiro atoms. The van der Waals surface area contributed by atoms with Crippen LogP contribution in [0.25, 0.3) is 0 Å². The van der Waals surface area contributed by atoms with Crippen LogP contribution in [0.15, 0.2) is 34.2 Å². The number of hydrogen-bond acceptors (Lipinski definition) is 7. The van der Waals surface area contributed by atoms with Crippen LogP contribution in [0.2, 0.25) is 0 Å². The molecular formula is C23H33N5O2S. The maximum Gasteiger partial charge on any atom is 0.277 e. The first-order chi connectivity index (χ1) is 15.2. The Kier molecular flexibility index (Phi) is 7.97. The molecule has 0 aromatic carbocycles. The third-order valence-corrected chi connectivity index (χ3v) is 7.20. The number of carbonyl (C=O) groups excluding carboxylic acids is 1. The highest BCUT2D eigenvalue weighted by Crippen LogP contribution is 2.28. The van der Waals surface area contributed by atoms with Crippen molar-refractivity contribution in [2.45, 2.75) is 69.7 Å². The maximum atomic E-state index is 13.2. The summed E-state index contributed by atoms with van der Waals surface area (Å²) in [6, 6.07) is 4.71. The van der Waals surface area contributed by atoms with E-state index in [4.69, 9.17) is 4.42 Å². The molecule has 0 bridgehead atoms. The van der Waals surface area contributed by atoms with Crippen LogP contribution in [-0.4, -0.2) is 62.3 Å². The second kappa shape index (κ2) is 11.1. The Morgan fingerprint density at radius 1 is 1.23 bits per heavy atom. The third-order valence-electron chi connectivity index (χ3n) is 6.40. The van der Waals surface area contributed by atoms with E-state index in [-0.39, 0.29) is 5.91 Å². The summed E-state index contributed by atoms with van der Waals surface area (Å²) in [5.41, 5.74) is 1.06. The fourth-order valence-corrected chi connectivity index (χ4v) is 5.56. The molecule has 3 heterocycles. The van der Waals surface area contributed by atoms with Gasteiger partial charge in [0.05, 0.1) is 5.75 Å². The number of nitrogens with zero attached hydrogens (tertiary/aromatic N) is 5. The lowest BCUT2D eigenvalue weighted by Gasteiger charge is -2.41. The van der Waals surface area contributed by atoms with Crippen molar-refractivity contribution in [1.82, 2.24) is 25.0 Å². The molecule has 168 valence electrons. The summed E-state index contributed by atoms with van der Waals surface area (Å²) >= 11 is 1.32. The predicted octanol–water partition coefficient (Wildman–Crippen LogP) is 3.94. The van der Waals surface area contributed by atoms with E-state index in [0.29, 0.717) is 29.3 Å². The van der Waals surface area contributed by atoms with E-state index in [0.717, 1.165) is 24.7 Å². The monoisotopic (exact) mass is 443 g/mol. The first-order valence-electron chi connectivity index (χ1n) is 11.5. The Balaban J connectivity index is 1.38. The molecule has 0 unspecified atom stereocenters. The molecule has 1 saturated heterocycles. The second-order valence-corrected chi connectivity index (χ2v) is 9.73. The second-order valence-electron chi connectivity index (χ2n) is 8.81. The van der Waals surface area contributed by atoms with Crippen LogP contribution in [0, 0.1) is 12.8 Å². The number of amides is 1. The first-order valence-corrected chi connectivity index (χ1v) is 12.5. The molecule has 2 aromatic rings. The van der Waals surface area contributed by atoms with Crippen molar-refractivity contribution in [2.75, 3.05) is 25.4 Å². The topological polar surface area (TPSA) is 75.4 Å². The molecule has 1 saturated carbocycles. The van der Waals surface area contributed by atoms with Gasteiger partial charge in [-0.05, 0) is 49.8 Å². The van der Waals surface area contributed by atoms with Crippen LogP contribution < -0.4 is 0 Å². The predicted molar refractivity (Wildman–Crippen MR) is 121 cm³/mol. The summed E-state index contributed by atoms with van der Waals surface area (Å²) in [5, 5.41) is 8.30. The Morgan fingerprint density at radius 2 is 2.10 bits per heavy atom. The molecular weight excluding hydrogens is 410 g/mol. The normalized spacial score (nSPS) is 20.6. The largest absolute Gasteiger partial charge is 0.416 e. The zero-order valence-corrected chi connectivity index (χ0v) is 19.2. The van der Waals surface area contributed by atoms with Crippen molar-refractivity contribution in [2.24, 2.45) is 5.92 Å². The number of aryl methyl sites for hydroxylation is 1. The molecule has 2 fully saturated rings. The summed E-state index contributed by atoms with van der Waals surface area (Å²) < 4.78 is 5.42. The number of hydrogen-bond donors (Lipinski definition) is 0. The van der Waals surface area contributed by atoms with Crippen molar-refractivity contribution in [3.8, 4) is 0 Å². The quantitative estimate of drug-likeness (QED) is 0.572. The molecule has 7 nitrogen and oxygen atoms in total. The number of likely N-dealkylation sites (tertiary alicyclic amines) is 1. The van der Waals surface area contributed by atoms with Gasteiger partial charge >= 0.3 is 0 Å². The molecule has 1 aliphatic carbocycles. The Bertz CT molecular complexity index is 824. The van der Waals surface area contributed by atoms with Gasteiger partial charge in [0, 0.05) is 45.0 Å². The summed E-state index contributed by atoms with van der Waals surface area (Å²) in [5.74, 6) is 1.46. The smallest absolute Gasteiger partial charge is 0.277 e. The van der Waals surface area contributed by atoms with E-state index in [1.165, 1.54) is 63.3 Å². The number of rotatable bonds is 8. The van der Waals surface area contributed by atoms with Gasteiger partial charge in [0.1, 0.15) is 0 Å². The minimum Gasteiger partial charge on any atom is -0.416 e. The molecule has 0 N–H and O–H groups in total. The highest BCUT2D eigenvalue weighted by molar-refractivity contribution is 7.99. The summed E-state index contributed by atoms with van der Waals surface area (Å²) in [4.78, 5) is 22.1. The van der Waals surface area contributed by atoms with Crippen molar-refractivity contribution < 1.29 is 9.21 Å². The first kappa shape index (κ1) is 22.3. The van der Waals surface area contributed by atoms with E-state index in [1.54, 1.807) is 13.1 Å². The lowest BCUT2D eigenvalue weighted by Crippen LogP contribution is -2.47. The third kappa shape index (κ3) is 6.53. The van der Waals surface area contributed by atoms with Gasteiger partial charge in [-0.15, -0.1) is 10.2 Å². The highest BCUT2D eigenvalue weighted by atomic mass is 32.2. The zero-order valence-electron chi connectivity index (χ0n) is 18.4. The standard InChI is InChI=1S/C23H33N5O2S/c1-18-25-26-23(30-18)31-17-22(29)28(14-19-7-5-11-24-13-19)16-20-8-6-12-27(15-20)21-9-3-2-4-10-21/h5,7,11,13,20-21H,2-4,6,8-10,12,14-17H2,1H3/t20-/m0/s1. The van der Waals surface area contributed by atoms with Gasteiger partial charge < -0.3 is 14.2 Å². The van der Waals surface area contributed by atoms with Crippen LogP contribution in [0.3, 0.4) is 0 Å². The number of aromatic nitrogens is 3. The minimum absolute atomic E-state index is 0.111. The van der Waals surface area contributed by atoms with E-state index < -0.39 is 0 Å². The van der Waals surface area contributed by atoms with Crippen LogP contribution >= 0.6 is 11.8 Å². The molecule has 31 heavy (non-hydrogen) atoms. The molecule has 1 atom stereocenters. The summed E-state index contributed by atoms with van der Waals surface area (Å²) in [6.07, 6.45) is 12.8. The van der Waals surface area contributed by atoms with Crippen LogP contribution in [0.4, 0.5) is 0 Å². The highest BCUT2D eigenvalue weighted by Gasteiger charge is 2.29. The van der Waals surface area contributed by atoms with E-state index in [2.05, 4.69) is 20.1 Å². The number of pyridine rings is 1. The zero-order chi connectivity index (χ0) is 21.5. The summed E-state index contributed by atoms with van der Waals surface area (Å²) in [6.45, 7) is 5.46. The van der Waals surface area contributed by atoms with Gasteiger partial charge in [-0.25, -0.2) is 0 Å². The maximum absolute atomic E-state index is 13.2. The minimum atomic E-state index is 0.111. The number of carbonyl (C=O) groups is 1. The molecule has 1 amide bonds. The molecule has 0 radical (unpaired) electrons. The van der Waals surface area contributed by atoms with Gasteiger partial charge in [-0.1, -0.05) is 37.1 Å². The number of thioether (sulfide) groups is 1. The van der Waals surface area contributed by atoms with Gasteiger partial charge in [-0.2, -0.15) is 0 Å². The Labute approximate surface area is 189 Å². The Hall–Kier alpha value is -1.93. The van der Waals surface area contributed by atoms with Crippen LogP contribution in [0.1, 0.15) is 56.4 Å². The lowest BCUT2D eigenvalue weighted by atomic mass is 9.90. The average Bonchev–Trinajstić information content (AvgIpc) is 3.23. The van der Waals surface area contributed by atoms with Crippen molar-refractivity contribution >= 4 is 17.7 Å². The fourth-order valence-electron chi connectivity index (χ4n) is 4.85. The summed E-state index contributed by atoms with van der Waals surface area (Å²) in [7, 11) is 0. The lowest BCUT2D eigenvalue weighted by molar-refractivity contribution is -0.130. The Morgan fingerprint density at radius 3 is 2.84 bits per heavy atom. The van der Waals surface area contributed by atoms with Crippen LogP contribution in [-0.2, 0) is 11.3 Å². The van der Waals surface area contributed by atoms with Crippen LogP contribution in [0.5, 0.6) is 0 Å². The molecule has 2 aromatic heterocycles. The van der Waals surface area contributed by atoms with E-state index in [9.17, 15) is 4.79 Å².